The van der Waals surface area contributed by atoms with Crippen LogP contribution in [0.25, 0.3) is 43.9 Å². The third-order valence-corrected chi connectivity index (χ3v) is 11.2. The minimum Gasteiger partial charge on any atom is -0.392 e. The first-order valence-corrected chi connectivity index (χ1v) is 18.1. The summed E-state index contributed by atoms with van der Waals surface area (Å²) in [5, 5.41) is 16.3. The predicted octanol–water partition coefficient (Wildman–Crippen LogP) is 9.94. The van der Waals surface area contributed by atoms with Crippen molar-refractivity contribution in [2.45, 2.75) is 16.4 Å². The van der Waals surface area contributed by atoms with Crippen molar-refractivity contribution in [2.75, 3.05) is 6.26 Å². The molecule has 0 atom stereocenters. The highest BCUT2D eigenvalue weighted by atomic mass is 32.2. The summed E-state index contributed by atoms with van der Waals surface area (Å²) in [6.07, 6.45) is 5.93. The minimum atomic E-state index is -0.780. The van der Waals surface area contributed by atoms with Crippen LogP contribution in [-0.4, -0.2) is 31.1 Å². The maximum absolute atomic E-state index is 9.83. The second-order valence-corrected chi connectivity index (χ2v) is 14.0. The highest BCUT2D eigenvalue weighted by Gasteiger charge is 2.40. The zero-order chi connectivity index (χ0) is 33.2. The van der Waals surface area contributed by atoms with E-state index in [-0.39, 0.29) is 6.61 Å². The molecule has 8 rings (SSSR count). The van der Waals surface area contributed by atoms with Gasteiger partial charge in [-0.3, -0.25) is 4.68 Å². The van der Waals surface area contributed by atoms with Gasteiger partial charge in [0.1, 0.15) is 17.6 Å². The van der Waals surface area contributed by atoms with Crippen molar-refractivity contribution in [3.05, 3.63) is 180 Å². The van der Waals surface area contributed by atoms with E-state index >= 15 is 0 Å². The average Bonchev–Trinajstić information content (AvgIpc) is 3.85. The number of aromatic nitrogens is 4. The van der Waals surface area contributed by atoms with E-state index in [4.69, 9.17) is 10.1 Å². The summed E-state index contributed by atoms with van der Waals surface area (Å²) in [6, 6.07) is 50.5. The molecule has 8 aromatic rings. The Morgan fingerprint density at radius 1 is 0.673 bits per heavy atom. The Morgan fingerprint density at radius 2 is 1.29 bits per heavy atom. The average molecular weight is 673 g/mol. The summed E-state index contributed by atoms with van der Waals surface area (Å²) in [5.41, 5.74) is 8.98. The maximum Gasteiger partial charge on any atom is 0.138 e. The number of nitrogens with zero attached hydrogens (tertiary/aromatic N) is 4. The second kappa shape index (κ2) is 13.3. The van der Waals surface area contributed by atoms with Gasteiger partial charge in [0, 0.05) is 22.7 Å². The molecule has 3 aromatic heterocycles. The number of benzene rings is 5. The fourth-order valence-electron chi connectivity index (χ4n) is 6.65. The number of hydrogen-bond acceptors (Lipinski definition) is 6. The van der Waals surface area contributed by atoms with Crippen molar-refractivity contribution in [2.24, 2.45) is 0 Å². The van der Waals surface area contributed by atoms with Gasteiger partial charge in [0.2, 0.25) is 0 Å². The summed E-state index contributed by atoms with van der Waals surface area (Å²) in [4.78, 5) is 10.5. The first kappa shape index (κ1) is 31.0. The van der Waals surface area contributed by atoms with Crippen LogP contribution in [-0.2, 0) is 12.1 Å². The van der Waals surface area contributed by atoms with Gasteiger partial charge >= 0.3 is 0 Å². The number of aliphatic hydroxyl groups is 1. The highest BCUT2D eigenvalue weighted by Crippen LogP contribution is 2.44. The van der Waals surface area contributed by atoms with Crippen LogP contribution in [0.2, 0.25) is 0 Å². The molecule has 7 heteroatoms. The summed E-state index contributed by atoms with van der Waals surface area (Å²) < 4.78 is 3.38. The molecule has 0 saturated heterocycles. The molecule has 0 radical (unpaired) electrons. The SMILES string of the molecule is CSc1ccc(-c2ncnc3ccc(-c4cn(C(c5ccccc5)(c5ccccc5)c5ccccc5)nc4-c4ccc(CO)cc4)cc23)s1. The van der Waals surface area contributed by atoms with Crippen LogP contribution < -0.4 is 0 Å². The van der Waals surface area contributed by atoms with Gasteiger partial charge in [-0.05, 0) is 58.3 Å². The molecule has 0 amide bonds. The summed E-state index contributed by atoms with van der Waals surface area (Å²) in [5.74, 6) is 0. The lowest BCUT2D eigenvalue weighted by Gasteiger charge is -2.36. The van der Waals surface area contributed by atoms with Crippen LogP contribution in [0.15, 0.2) is 162 Å². The number of hydrogen-bond donors (Lipinski definition) is 1. The first-order chi connectivity index (χ1) is 24.2. The van der Waals surface area contributed by atoms with Crippen molar-refractivity contribution in [3.63, 3.8) is 0 Å². The van der Waals surface area contributed by atoms with Crippen LogP contribution >= 0.6 is 23.1 Å². The number of fused-ring (bicyclic) bond motifs is 1. The molecule has 5 aromatic carbocycles. The molecule has 0 aliphatic carbocycles. The van der Waals surface area contributed by atoms with Crippen LogP contribution in [0.3, 0.4) is 0 Å². The number of rotatable bonds is 9. The van der Waals surface area contributed by atoms with Gasteiger partial charge in [0.15, 0.2) is 0 Å². The number of aliphatic hydroxyl groups excluding tert-OH is 1. The van der Waals surface area contributed by atoms with E-state index in [1.807, 2.05) is 24.3 Å². The van der Waals surface area contributed by atoms with Gasteiger partial charge in [-0.1, -0.05) is 121 Å². The van der Waals surface area contributed by atoms with Crippen molar-refractivity contribution in [3.8, 4) is 33.0 Å². The van der Waals surface area contributed by atoms with Gasteiger partial charge in [0.25, 0.3) is 0 Å². The molecule has 3 heterocycles. The van der Waals surface area contributed by atoms with E-state index < -0.39 is 5.54 Å². The Labute approximate surface area is 293 Å². The predicted molar refractivity (Wildman–Crippen MR) is 202 cm³/mol. The lowest BCUT2D eigenvalue weighted by atomic mass is 9.77. The molecule has 0 aliphatic heterocycles. The van der Waals surface area contributed by atoms with Gasteiger partial charge in [-0.25, -0.2) is 9.97 Å². The van der Waals surface area contributed by atoms with Gasteiger partial charge in [-0.2, -0.15) is 5.10 Å². The molecule has 0 unspecified atom stereocenters. The minimum absolute atomic E-state index is 0.0187. The molecular weight excluding hydrogens is 641 g/mol. The van der Waals surface area contributed by atoms with Gasteiger partial charge in [-0.15, -0.1) is 23.1 Å². The highest BCUT2D eigenvalue weighted by molar-refractivity contribution is 8.00. The summed E-state index contributed by atoms with van der Waals surface area (Å²) in [6.45, 7) is -0.0187. The van der Waals surface area contributed by atoms with E-state index in [9.17, 15) is 5.11 Å². The monoisotopic (exact) mass is 672 g/mol. The molecule has 0 saturated carbocycles. The van der Waals surface area contributed by atoms with Crippen molar-refractivity contribution >= 4 is 34.0 Å². The third kappa shape index (κ3) is 5.56. The van der Waals surface area contributed by atoms with Crippen molar-refractivity contribution in [1.82, 2.24) is 19.7 Å². The van der Waals surface area contributed by atoms with Crippen LogP contribution in [0.1, 0.15) is 22.3 Å². The third-order valence-electron chi connectivity index (χ3n) is 9.00. The smallest absolute Gasteiger partial charge is 0.138 e. The molecule has 0 bridgehead atoms. The Balaban J connectivity index is 1.42. The Kier molecular flexibility index (Phi) is 8.39. The molecule has 1 N–H and O–H groups in total. The molecule has 0 fully saturated rings. The zero-order valence-corrected chi connectivity index (χ0v) is 28.4. The van der Waals surface area contributed by atoms with Gasteiger partial charge < -0.3 is 5.11 Å². The molecule has 0 spiro atoms. The summed E-state index contributed by atoms with van der Waals surface area (Å²) in [7, 11) is 0. The van der Waals surface area contributed by atoms with Crippen molar-refractivity contribution in [1.29, 1.82) is 0 Å². The van der Waals surface area contributed by atoms with E-state index in [1.165, 1.54) is 4.21 Å². The fourth-order valence-corrected chi connectivity index (χ4v) is 8.21. The maximum atomic E-state index is 9.83. The van der Waals surface area contributed by atoms with Crippen LogP contribution in [0, 0.1) is 0 Å². The standard InChI is InChI=1S/C42H32N4OS2/c1-48-39-24-23-38(49-39)41-35-25-31(21-22-37(35)43-28-44-41)36-26-46(45-40(36)30-19-17-29(27-47)18-20-30)42(32-11-5-2-6-12-32,33-13-7-3-8-14-33)34-15-9-4-10-16-34/h2-26,28,47H,27H2,1H3. The van der Waals surface area contributed by atoms with Gasteiger partial charge in [0.05, 0.1) is 26.9 Å². The first-order valence-electron chi connectivity index (χ1n) is 16.1. The lowest BCUT2D eigenvalue weighted by Crippen LogP contribution is -2.38. The number of thioether (sulfide) groups is 1. The van der Waals surface area contributed by atoms with E-state index in [1.54, 1.807) is 29.4 Å². The number of thiophene rings is 1. The van der Waals surface area contributed by atoms with E-state index in [2.05, 4.69) is 143 Å². The van der Waals surface area contributed by atoms with E-state index in [0.29, 0.717) is 0 Å². The molecule has 49 heavy (non-hydrogen) atoms. The quantitative estimate of drug-likeness (QED) is 0.122. The summed E-state index contributed by atoms with van der Waals surface area (Å²) >= 11 is 3.48. The molecule has 0 aliphatic rings. The largest absolute Gasteiger partial charge is 0.392 e. The van der Waals surface area contributed by atoms with Crippen LogP contribution in [0.5, 0.6) is 0 Å². The zero-order valence-electron chi connectivity index (χ0n) is 26.8. The second-order valence-electron chi connectivity index (χ2n) is 11.8. The fraction of sp³-hybridized carbons (Fsp3) is 0.0714. The Bertz CT molecular complexity index is 2260. The van der Waals surface area contributed by atoms with E-state index in [0.717, 1.165) is 66.1 Å². The normalized spacial score (nSPS) is 11.6. The van der Waals surface area contributed by atoms with Crippen molar-refractivity contribution < 1.29 is 5.11 Å². The molecular formula is C42H32N4OS2. The molecule has 238 valence electrons. The topological polar surface area (TPSA) is 63.8 Å². The Morgan fingerprint density at radius 3 is 1.86 bits per heavy atom. The van der Waals surface area contributed by atoms with Crippen LogP contribution in [0.4, 0.5) is 0 Å². The lowest BCUT2D eigenvalue weighted by molar-refractivity contribution is 0.282. The Hall–Kier alpha value is -5.34. The molecule has 5 nitrogen and oxygen atoms in total.